The summed E-state index contributed by atoms with van der Waals surface area (Å²) in [4.78, 5) is 1.39. The maximum Gasteiger partial charge on any atom is 0.390 e. The number of benzene rings is 1. The van der Waals surface area contributed by atoms with Crippen molar-refractivity contribution in [1.82, 2.24) is 4.90 Å². The van der Waals surface area contributed by atoms with Crippen LogP contribution in [-0.4, -0.2) is 45.4 Å². The van der Waals surface area contributed by atoms with Gasteiger partial charge in [0.25, 0.3) is 0 Å². The number of alkyl halides is 3. The van der Waals surface area contributed by atoms with Crippen LogP contribution in [0.25, 0.3) is 0 Å². The highest BCUT2D eigenvalue weighted by molar-refractivity contribution is 7.91. The molecule has 21 heavy (non-hydrogen) atoms. The van der Waals surface area contributed by atoms with Gasteiger partial charge in [0.2, 0.25) is 0 Å². The van der Waals surface area contributed by atoms with Crippen molar-refractivity contribution in [3.63, 3.8) is 0 Å². The van der Waals surface area contributed by atoms with Crippen LogP contribution in [0, 0.1) is 11.3 Å². The van der Waals surface area contributed by atoms with E-state index in [0.717, 1.165) is 0 Å². The Hall–Kier alpha value is -1.59. The fourth-order valence-electron chi connectivity index (χ4n) is 1.56. The zero-order valence-corrected chi connectivity index (χ0v) is 12.2. The van der Waals surface area contributed by atoms with Gasteiger partial charge in [-0.05, 0) is 31.3 Å². The Bertz CT molecular complexity index is 604. The highest BCUT2D eigenvalue weighted by Gasteiger charge is 2.27. The van der Waals surface area contributed by atoms with Crippen molar-refractivity contribution < 1.29 is 21.6 Å². The molecule has 0 fully saturated rings. The van der Waals surface area contributed by atoms with E-state index in [2.05, 4.69) is 0 Å². The van der Waals surface area contributed by atoms with Gasteiger partial charge in [-0.25, -0.2) is 8.42 Å². The lowest BCUT2D eigenvalue weighted by molar-refractivity contribution is -0.137. The first kappa shape index (κ1) is 17.5. The van der Waals surface area contributed by atoms with Gasteiger partial charge in [0, 0.05) is 13.1 Å². The summed E-state index contributed by atoms with van der Waals surface area (Å²) in [6.07, 6.45) is -5.22. The van der Waals surface area contributed by atoms with Crippen LogP contribution in [0.4, 0.5) is 13.2 Å². The molecule has 0 amide bonds. The Morgan fingerprint density at radius 2 is 1.76 bits per heavy atom. The Balaban J connectivity index is 2.58. The van der Waals surface area contributed by atoms with Crippen molar-refractivity contribution in [3.05, 3.63) is 29.8 Å². The highest BCUT2D eigenvalue weighted by Crippen LogP contribution is 2.19. The summed E-state index contributed by atoms with van der Waals surface area (Å²) < 4.78 is 60.2. The molecule has 0 bridgehead atoms. The molecule has 0 radical (unpaired) electrons. The molecule has 0 aliphatic rings. The zero-order chi connectivity index (χ0) is 16.1. The van der Waals surface area contributed by atoms with E-state index in [4.69, 9.17) is 5.26 Å². The molecule has 0 spiro atoms. The van der Waals surface area contributed by atoms with Gasteiger partial charge in [0.15, 0.2) is 9.84 Å². The molecule has 1 rings (SSSR count). The third kappa shape index (κ3) is 6.14. The number of halogens is 3. The molecule has 8 heteroatoms. The van der Waals surface area contributed by atoms with Crippen LogP contribution in [0.1, 0.15) is 12.0 Å². The van der Waals surface area contributed by atoms with E-state index in [1.165, 1.54) is 36.2 Å². The minimum Gasteiger partial charge on any atom is -0.305 e. The molecule has 1 aromatic carbocycles. The minimum atomic E-state index is -4.25. The smallest absolute Gasteiger partial charge is 0.305 e. The summed E-state index contributed by atoms with van der Waals surface area (Å²) in [5, 5.41) is 8.63. The third-order valence-corrected chi connectivity index (χ3v) is 4.57. The number of hydrogen-bond donors (Lipinski definition) is 0. The lowest BCUT2D eigenvalue weighted by Crippen LogP contribution is -2.29. The Morgan fingerprint density at radius 1 is 1.19 bits per heavy atom. The predicted molar refractivity (Wildman–Crippen MR) is 71.4 cm³/mol. The van der Waals surface area contributed by atoms with Crippen LogP contribution in [0.2, 0.25) is 0 Å². The first-order valence-corrected chi connectivity index (χ1v) is 7.77. The fraction of sp³-hybridized carbons (Fsp3) is 0.462. The van der Waals surface area contributed by atoms with E-state index in [-0.39, 0.29) is 23.7 Å². The van der Waals surface area contributed by atoms with E-state index in [1.54, 1.807) is 0 Å². The van der Waals surface area contributed by atoms with Crippen molar-refractivity contribution in [1.29, 1.82) is 5.26 Å². The number of nitriles is 1. The molecule has 0 atom stereocenters. The Kier molecular flexibility index (Phi) is 5.75. The standard InChI is InChI=1S/C13H15F3N2O2S/c1-18(7-6-13(14,15)16)8-9-21(19,20)12-4-2-11(10-17)3-5-12/h2-5H,6-9H2,1H3. The van der Waals surface area contributed by atoms with Crippen LogP contribution < -0.4 is 0 Å². The van der Waals surface area contributed by atoms with Crippen LogP contribution in [0.3, 0.4) is 0 Å². The average molecular weight is 320 g/mol. The molecule has 0 aliphatic heterocycles. The van der Waals surface area contributed by atoms with E-state index in [9.17, 15) is 21.6 Å². The van der Waals surface area contributed by atoms with Gasteiger partial charge >= 0.3 is 6.18 Å². The number of hydrogen-bond acceptors (Lipinski definition) is 4. The minimum absolute atomic E-state index is 0.0123. The van der Waals surface area contributed by atoms with E-state index < -0.39 is 22.4 Å². The quantitative estimate of drug-likeness (QED) is 0.806. The van der Waals surface area contributed by atoms with E-state index >= 15 is 0 Å². The SMILES string of the molecule is CN(CCC(F)(F)F)CCS(=O)(=O)c1ccc(C#N)cc1. The topological polar surface area (TPSA) is 61.2 Å². The summed E-state index contributed by atoms with van der Waals surface area (Å²) in [5.41, 5.74) is 0.344. The molecule has 1 aromatic rings. The van der Waals surface area contributed by atoms with Gasteiger partial charge in [0.05, 0.1) is 28.7 Å². The molecule has 0 N–H and O–H groups in total. The molecular weight excluding hydrogens is 305 g/mol. The monoisotopic (exact) mass is 320 g/mol. The van der Waals surface area contributed by atoms with Gasteiger partial charge < -0.3 is 4.90 Å². The second-order valence-corrected chi connectivity index (χ2v) is 6.73. The second kappa shape index (κ2) is 6.91. The van der Waals surface area contributed by atoms with Crippen molar-refractivity contribution in [2.45, 2.75) is 17.5 Å². The zero-order valence-electron chi connectivity index (χ0n) is 11.4. The molecule has 4 nitrogen and oxygen atoms in total. The van der Waals surface area contributed by atoms with Gasteiger partial charge in [-0.15, -0.1) is 0 Å². The Labute approximate surface area is 121 Å². The molecular formula is C13H15F3N2O2S. The molecule has 0 aromatic heterocycles. The van der Waals surface area contributed by atoms with Gasteiger partial charge in [0.1, 0.15) is 0 Å². The summed E-state index contributed by atoms with van der Waals surface area (Å²) in [7, 11) is -2.12. The van der Waals surface area contributed by atoms with Crippen LogP contribution >= 0.6 is 0 Å². The van der Waals surface area contributed by atoms with Gasteiger partial charge in [-0.1, -0.05) is 0 Å². The van der Waals surface area contributed by atoms with E-state index in [0.29, 0.717) is 5.56 Å². The largest absolute Gasteiger partial charge is 0.390 e. The molecule has 0 heterocycles. The maximum absolute atomic E-state index is 12.1. The molecule has 0 unspecified atom stereocenters. The summed E-state index contributed by atoms with van der Waals surface area (Å²) in [5.74, 6) is -0.271. The second-order valence-electron chi connectivity index (χ2n) is 4.62. The Morgan fingerprint density at radius 3 is 2.24 bits per heavy atom. The third-order valence-electron chi connectivity index (χ3n) is 2.86. The van der Waals surface area contributed by atoms with Crippen LogP contribution in [0.5, 0.6) is 0 Å². The van der Waals surface area contributed by atoms with Crippen molar-refractivity contribution >= 4 is 9.84 Å². The number of nitrogens with zero attached hydrogens (tertiary/aromatic N) is 2. The summed E-state index contributed by atoms with van der Waals surface area (Å²) in [6, 6.07) is 7.30. The van der Waals surface area contributed by atoms with Crippen molar-refractivity contribution in [2.24, 2.45) is 0 Å². The first-order valence-electron chi connectivity index (χ1n) is 6.12. The highest BCUT2D eigenvalue weighted by atomic mass is 32.2. The van der Waals surface area contributed by atoms with Crippen LogP contribution in [-0.2, 0) is 9.84 Å². The predicted octanol–water partition coefficient (Wildman–Crippen LogP) is 2.22. The maximum atomic E-state index is 12.1. The molecule has 0 saturated heterocycles. The average Bonchev–Trinajstić information content (AvgIpc) is 2.42. The van der Waals surface area contributed by atoms with Gasteiger partial charge in [-0.3, -0.25) is 0 Å². The van der Waals surface area contributed by atoms with Crippen LogP contribution in [0.15, 0.2) is 29.2 Å². The van der Waals surface area contributed by atoms with E-state index in [1.807, 2.05) is 6.07 Å². The van der Waals surface area contributed by atoms with Crippen molar-refractivity contribution in [3.8, 4) is 6.07 Å². The lowest BCUT2D eigenvalue weighted by Gasteiger charge is -2.17. The summed E-state index contributed by atoms with van der Waals surface area (Å²) >= 11 is 0. The normalized spacial score (nSPS) is 12.4. The number of rotatable bonds is 6. The first-order chi connectivity index (χ1) is 9.64. The van der Waals surface area contributed by atoms with Gasteiger partial charge in [-0.2, -0.15) is 18.4 Å². The number of sulfone groups is 1. The summed E-state index contributed by atoms with van der Waals surface area (Å²) in [6.45, 7) is -0.231. The lowest BCUT2D eigenvalue weighted by atomic mass is 10.2. The molecule has 116 valence electrons. The van der Waals surface area contributed by atoms with Crippen molar-refractivity contribution in [2.75, 3.05) is 25.9 Å². The molecule has 0 saturated carbocycles. The molecule has 0 aliphatic carbocycles. The fourth-order valence-corrected chi connectivity index (χ4v) is 2.90.